The van der Waals surface area contributed by atoms with Crippen molar-refractivity contribution in [2.45, 2.75) is 76.9 Å². The molecule has 2 fully saturated rings. The third-order valence-electron chi connectivity index (χ3n) is 4.81. The van der Waals surface area contributed by atoms with Crippen LogP contribution < -0.4 is 0 Å². The van der Waals surface area contributed by atoms with Crippen LogP contribution in [0.15, 0.2) is 0 Å². The van der Waals surface area contributed by atoms with Gasteiger partial charge in [0.15, 0.2) is 0 Å². The van der Waals surface area contributed by atoms with Gasteiger partial charge in [-0.15, -0.1) is 0 Å². The Morgan fingerprint density at radius 1 is 1.18 bits per heavy atom. The Hall–Kier alpha value is -0.0800. The third-order valence-corrected chi connectivity index (χ3v) is 4.81. The van der Waals surface area contributed by atoms with Crippen LogP contribution in [0.2, 0.25) is 0 Å². The standard InChI is InChI=1S/C15H29NO/c1-2-14(17)9-6-12-16-11-5-8-13-7-3-4-10-15(13)16/h13-15,17H,2-12H2,1H3/t13-,14?,15-/m1/s1. The Labute approximate surface area is 106 Å². The average molecular weight is 239 g/mol. The maximum atomic E-state index is 9.60. The molecule has 1 aliphatic carbocycles. The summed E-state index contributed by atoms with van der Waals surface area (Å²) in [6.07, 6.45) is 11.7. The molecular weight excluding hydrogens is 210 g/mol. The zero-order valence-corrected chi connectivity index (χ0v) is 11.4. The van der Waals surface area contributed by atoms with Crippen molar-refractivity contribution in [2.75, 3.05) is 13.1 Å². The van der Waals surface area contributed by atoms with Crippen LogP contribution in [-0.4, -0.2) is 35.2 Å². The molecule has 2 rings (SSSR count). The zero-order valence-electron chi connectivity index (χ0n) is 11.4. The maximum absolute atomic E-state index is 9.60. The van der Waals surface area contributed by atoms with E-state index in [0.717, 1.165) is 24.8 Å². The van der Waals surface area contributed by atoms with Crippen molar-refractivity contribution in [1.29, 1.82) is 0 Å². The molecule has 0 amide bonds. The van der Waals surface area contributed by atoms with Gasteiger partial charge in [0, 0.05) is 6.04 Å². The summed E-state index contributed by atoms with van der Waals surface area (Å²) in [6.45, 7) is 4.60. The summed E-state index contributed by atoms with van der Waals surface area (Å²) in [7, 11) is 0. The molecular formula is C15H29NO. The molecule has 100 valence electrons. The second-order valence-corrected chi connectivity index (χ2v) is 5.99. The lowest BCUT2D eigenvalue weighted by Crippen LogP contribution is -2.47. The van der Waals surface area contributed by atoms with E-state index in [0.29, 0.717) is 0 Å². The lowest BCUT2D eigenvalue weighted by atomic mass is 9.78. The van der Waals surface area contributed by atoms with Gasteiger partial charge in [-0.25, -0.2) is 0 Å². The Morgan fingerprint density at radius 3 is 2.76 bits per heavy atom. The fraction of sp³-hybridized carbons (Fsp3) is 1.00. The van der Waals surface area contributed by atoms with Crippen LogP contribution in [0, 0.1) is 5.92 Å². The van der Waals surface area contributed by atoms with Crippen LogP contribution in [0.25, 0.3) is 0 Å². The van der Waals surface area contributed by atoms with Gasteiger partial charge in [-0.1, -0.05) is 19.8 Å². The molecule has 1 heterocycles. The van der Waals surface area contributed by atoms with Crippen molar-refractivity contribution in [3.8, 4) is 0 Å². The number of hydrogen-bond donors (Lipinski definition) is 1. The molecule has 1 unspecified atom stereocenters. The van der Waals surface area contributed by atoms with Crippen molar-refractivity contribution in [1.82, 2.24) is 4.90 Å². The number of rotatable bonds is 5. The highest BCUT2D eigenvalue weighted by atomic mass is 16.3. The summed E-state index contributed by atoms with van der Waals surface area (Å²) < 4.78 is 0. The van der Waals surface area contributed by atoms with Gasteiger partial charge < -0.3 is 10.0 Å². The molecule has 1 aliphatic heterocycles. The summed E-state index contributed by atoms with van der Waals surface area (Å²) >= 11 is 0. The molecule has 0 aromatic heterocycles. The zero-order chi connectivity index (χ0) is 12.1. The summed E-state index contributed by atoms with van der Waals surface area (Å²) in [5.41, 5.74) is 0. The number of nitrogens with zero attached hydrogens (tertiary/aromatic N) is 1. The molecule has 0 aromatic carbocycles. The largest absolute Gasteiger partial charge is 0.393 e. The van der Waals surface area contributed by atoms with Gasteiger partial charge in [0.05, 0.1) is 6.10 Å². The first-order valence-corrected chi connectivity index (χ1v) is 7.73. The van der Waals surface area contributed by atoms with E-state index < -0.39 is 0 Å². The third kappa shape index (κ3) is 3.69. The van der Waals surface area contributed by atoms with Crippen LogP contribution in [0.4, 0.5) is 0 Å². The summed E-state index contributed by atoms with van der Waals surface area (Å²) in [5.74, 6) is 0.994. The lowest BCUT2D eigenvalue weighted by Gasteiger charge is -2.44. The summed E-state index contributed by atoms with van der Waals surface area (Å²) in [5, 5.41) is 9.60. The minimum absolute atomic E-state index is 0.0676. The lowest BCUT2D eigenvalue weighted by molar-refractivity contribution is 0.0550. The SMILES string of the molecule is CCC(O)CCCN1CCC[C@H]2CCCC[C@H]21. The van der Waals surface area contributed by atoms with Crippen LogP contribution in [-0.2, 0) is 0 Å². The second-order valence-electron chi connectivity index (χ2n) is 5.99. The fourth-order valence-electron chi connectivity index (χ4n) is 3.74. The number of aliphatic hydroxyl groups is 1. The van der Waals surface area contributed by atoms with E-state index in [2.05, 4.69) is 11.8 Å². The molecule has 3 atom stereocenters. The van der Waals surface area contributed by atoms with Crippen molar-refractivity contribution in [3.63, 3.8) is 0 Å². The molecule has 17 heavy (non-hydrogen) atoms. The normalized spacial score (nSPS) is 32.1. The van der Waals surface area contributed by atoms with Gasteiger partial charge in [-0.05, 0) is 64.0 Å². The first-order chi connectivity index (χ1) is 8.31. The maximum Gasteiger partial charge on any atom is 0.0538 e. The monoisotopic (exact) mass is 239 g/mol. The molecule has 0 spiro atoms. The van der Waals surface area contributed by atoms with Gasteiger partial charge >= 0.3 is 0 Å². The van der Waals surface area contributed by atoms with E-state index in [-0.39, 0.29) is 6.10 Å². The molecule has 0 radical (unpaired) electrons. The van der Waals surface area contributed by atoms with Crippen LogP contribution in [0.5, 0.6) is 0 Å². The summed E-state index contributed by atoms with van der Waals surface area (Å²) in [6, 6.07) is 0.885. The molecule has 0 aromatic rings. The van der Waals surface area contributed by atoms with E-state index in [4.69, 9.17) is 0 Å². The molecule has 2 heteroatoms. The minimum atomic E-state index is -0.0676. The van der Waals surface area contributed by atoms with Gasteiger partial charge in [-0.3, -0.25) is 0 Å². The van der Waals surface area contributed by atoms with Gasteiger partial charge in [0.2, 0.25) is 0 Å². The van der Waals surface area contributed by atoms with Crippen molar-refractivity contribution in [3.05, 3.63) is 0 Å². The van der Waals surface area contributed by atoms with Crippen molar-refractivity contribution in [2.24, 2.45) is 5.92 Å². The average Bonchev–Trinajstić information content (AvgIpc) is 2.39. The molecule has 1 N–H and O–H groups in total. The number of likely N-dealkylation sites (tertiary alicyclic amines) is 1. The Kier molecular flexibility index (Phi) is 5.30. The van der Waals surface area contributed by atoms with Crippen LogP contribution in [0.3, 0.4) is 0 Å². The minimum Gasteiger partial charge on any atom is -0.393 e. The number of fused-ring (bicyclic) bond motifs is 1. The molecule has 1 saturated heterocycles. The summed E-state index contributed by atoms with van der Waals surface area (Å²) in [4.78, 5) is 2.73. The van der Waals surface area contributed by atoms with Crippen LogP contribution in [0.1, 0.15) is 64.7 Å². The Balaban J connectivity index is 1.74. The quantitative estimate of drug-likeness (QED) is 0.796. The highest BCUT2D eigenvalue weighted by Gasteiger charge is 2.32. The van der Waals surface area contributed by atoms with E-state index in [1.807, 2.05) is 0 Å². The first kappa shape index (κ1) is 13.4. The molecule has 2 nitrogen and oxygen atoms in total. The second kappa shape index (κ2) is 6.75. The van der Waals surface area contributed by atoms with E-state index in [9.17, 15) is 5.11 Å². The van der Waals surface area contributed by atoms with E-state index >= 15 is 0 Å². The van der Waals surface area contributed by atoms with Crippen LogP contribution >= 0.6 is 0 Å². The highest BCUT2D eigenvalue weighted by Crippen LogP contribution is 2.35. The predicted octanol–water partition coefficient (Wildman–Crippen LogP) is 3.19. The smallest absolute Gasteiger partial charge is 0.0538 e. The number of aliphatic hydroxyl groups excluding tert-OH is 1. The van der Waals surface area contributed by atoms with Crippen molar-refractivity contribution < 1.29 is 5.11 Å². The van der Waals surface area contributed by atoms with Gasteiger partial charge in [-0.2, -0.15) is 0 Å². The first-order valence-electron chi connectivity index (χ1n) is 7.73. The fourth-order valence-corrected chi connectivity index (χ4v) is 3.74. The number of hydrogen-bond acceptors (Lipinski definition) is 2. The Bertz CT molecular complexity index is 217. The molecule has 0 bridgehead atoms. The van der Waals surface area contributed by atoms with E-state index in [1.54, 1.807) is 0 Å². The van der Waals surface area contributed by atoms with Gasteiger partial charge in [0.25, 0.3) is 0 Å². The van der Waals surface area contributed by atoms with E-state index in [1.165, 1.54) is 58.0 Å². The highest BCUT2D eigenvalue weighted by molar-refractivity contribution is 4.87. The number of piperidine rings is 1. The Morgan fingerprint density at radius 2 is 1.94 bits per heavy atom. The molecule has 2 aliphatic rings. The van der Waals surface area contributed by atoms with Crippen molar-refractivity contribution >= 4 is 0 Å². The topological polar surface area (TPSA) is 23.5 Å². The molecule has 1 saturated carbocycles. The van der Waals surface area contributed by atoms with Gasteiger partial charge in [0.1, 0.15) is 0 Å². The predicted molar refractivity (Wildman–Crippen MR) is 72.1 cm³/mol.